The molecule has 1 amide bonds. The maximum Gasteiger partial charge on any atom is 0.218 e. The van der Waals surface area contributed by atoms with Crippen LogP contribution in [0.5, 0.6) is 0 Å². The zero-order chi connectivity index (χ0) is 25.4. The first-order valence-corrected chi connectivity index (χ1v) is 13.0. The second kappa shape index (κ2) is 10.2. The molecule has 4 heterocycles. The molecule has 2 atom stereocenters. The van der Waals surface area contributed by atoms with Gasteiger partial charge in [-0.05, 0) is 55.8 Å². The van der Waals surface area contributed by atoms with Gasteiger partial charge in [0.05, 0.1) is 12.2 Å². The van der Waals surface area contributed by atoms with Crippen molar-refractivity contribution in [2.75, 3.05) is 37.6 Å². The highest BCUT2D eigenvalue weighted by molar-refractivity contribution is 6.35. The lowest BCUT2D eigenvalue weighted by Crippen LogP contribution is -2.54. The predicted octanol–water partition coefficient (Wildman–Crippen LogP) is 3.64. The van der Waals surface area contributed by atoms with Crippen LogP contribution < -0.4 is 10.6 Å². The number of anilines is 1. The van der Waals surface area contributed by atoms with E-state index in [2.05, 4.69) is 26.0 Å². The lowest BCUT2D eigenvalue weighted by molar-refractivity contribution is -0.118. The van der Waals surface area contributed by atoms with Gasteiger partial charge in [-0.2, -0.15) is 10.4 Å². The molecule has 0 bridgehead atoms. The van der Waals surface area contributed by atoms with Crippen molar-refractivity contribution in [1.82, 2.24) is 24.6 Å². The van der Waals surface area contributed by atoms with Crippen LogP contribution in [0.1, 0.15) is 43.5 Å². The summed E-state index contributed by atoms with van der Waals surface area (Å²) in [6.07, 6.45) is 4.49. The number of fused-ring (bicyclic) bond motifs is 1. The Bertz CT molecular complexity index is 1330. The Morgan fingerprint density at radius 3 is 2.81 bits per heavy atom. The van der Waals surface area contributed by atoms with Crippen molar-refractivity contribution in [1.29, 1.82) is 5.26 Å². The molecule has 2 N–H and O–H groups in total. The minimum absolute atomic E-state index is 0.237. The SMILES string of the molecule is CC(c1ccc(Cl)cc1Cl)n1nc(C#N)c2ncc(N3CC([C@H]4CCCN(CCC(N)=O)C4)C3)nc21. The lowest BCUT2D eigenvalue weighted by atomic mass is 9.80. The average molecular weight is 527 g/mol. The zero-order valence-electron chi connectivity index (χ0n) is 20.1. The smallest absolute Gasteiger partial charge is 0.218 e. The van der Waals surface area contributed by atoms with E-state index in [-0.39, 0.29) is 17.6 Å². The number of piperidine rings is 1. The summed E-state index contributed by atoms with van der Waals surface area (Å²) in [7, 11) is 0. The van der Waals surface area contributed by atoms with Crippen molar-refractivity contribution in [2.24, 2.45) is 17.6 Å². The molecule has 2 aliphatic rings. The van der Waals surface area contributed by atoms with E-state index in [0.29, 0.717) is 39.5 Å². The van der Waals surface area contributed by atoms with Crippen LogP contribution in [0.15, 0.2) is 24.4 Å². The Morgan fingerprint density at radius 1 is 1.28 bits per heavy atom. The largest absolute Gasteiger partial charge is 0.370 e. The number of amides is 1. The number of nitriles is 1. The summed E-state index contributed by atoms with van der Waals surface area (Å²) in [5.41, 5.74) is 7.44. The summed E-state index contributed by atoms with van der Waals surface area (Å²) in [4.78, 5) is 25.2. The van der Waals surface area contributed by atoms with E-state index >= 15 is 0 Å². The molecule has 1 unspecified atom stereocenters. The number of nitrogens with two attached hydrogens (primary N) is 1. The third-order valence-electron chi connectivity index (χ3n) is 7.39. The fourth-order valence-corrected chi connectivity index (χ4v) is 5.88. The van der Waals surface area contributed by atoms with E-state index in [1.54, 1.807) is 23.0 Å². The van der Waals surface area contributed by atoms with Crippen molar-refractivity contribution in [2.45, 2.75) is 32.2 Å². The Labute approximate surface area is 219 Å². The van der Waals surface area contributed by atoms with E-state index in [1.807, 2.05) is 13.0 Å². The van der Waals surface area contributed by atoms with Crippen molar-refractivity contribution < 1.29 is 4.79 Å². The number of carbonyl (C=O) groups excluding carboxylic acids is 1. The molecule has 0 spiro atoms. The highest BCUT2D eigenvalue weighted by atomic mass is 35.5. The first kappa shape index (κ1) is 24.8. The molecule has 36 heavy (non-hydrogen) atoms. The second-order valence-electron chi connectivity index (χ2n) is 9.73. The molecule has 1 aromatic carbocycles. The van der Waals surface area contributed by atoms with E-state index in [1.165, 1.54) is 6.42 Å². The number of halogens is 2. The Kier molecular flexibility index (Phi) is 7.02. The van der Waals surface area contributed by atoms with Crippen molar-refractivity contribution in [3.63, 3.8) is 0 Å². The number of carbonyl (C=O) groups is 1. The first-order chi connectivity index (χ1) is 17.3. The molecule has 2 fully saturated rings. The number of likely N-dealkylation sites (tertiary alicyclic amines) is 1. The minimum atomic E-state index is -0.262. The van der Waals surface area contributed by atoms with Gasteiger partial charge < -0.3 is 15.5 Å². The van der Waals surface area contributed by atoms with Crippen LogP contribution in [0.2, 0.25) is 10.0 Å². The van der Waals surface area contributed by atoms with E-state index in [4.69, 9.17) is 33.9 Å². The molecule has 5 rings (SSSR count). The molecule has 2 saturated heterocycles. The van der Waals surface area contributed by atoms with Crippen molar-refractivity contribution >= 4 is 46.1 Å². The molecule has 2 aliphatic heterocycles. The Morgan fingerprint density at radius 2 is 2.08 bits per heavy atom. The minimum Gasteiger partial charge on any atom is -0.370 e. The van der Waals surface area contributed by atoms with Crippen molar-refractivity contribution in [3.05, 3.63) is 45.7 Å². The second-order valence-corrected chi connectivity index (χ2v) is 10.6. The number of hydrogen-bond acceptors (Lipinski definition) is 7. The topological polar surface area (TPSA) is 117 Å². The summed E-state index contributed by atoms with van der Waals surface area (Å²) < 4.78 is 1.72. The van der Waals surface area contributed by atoms with Gasteiger partial charge in [0.2, 0.25) is 5.91 Å². The number of hydrogen-bond donors (Lipinski definition) is 1. The summed E-state index contributed by atoms with van der Waals surface area (Å²) >= 11 is 12.5. The molecule has 2 aromatic heterocycles. The molecular formula is C25H28Cl2N8O. The third-order valence-corrected chi connectivity index (χ3v) is 7.96. The number of nitrogens with zero attached hydrogens (tertiary/aromatic N) is 7. The molecule has 3 aromatic rings. The van der Waals surface area contributed by atoms with Crippen LogP contribution in [0.3, 0.4) is 0 Å². The van der Waals surface area contributed by atoms with Crippen molar-refractivity contribution in [3.8, 4) is 6.07 Å². The number of primary amides is 1. The van der Waals surface area contributed by atoms with E-state index < -0.39 is 0 Å². The number of benzene rings is 1. The van der Waals surface area contributed by atoms with Crippen LogP contribution in [-0.2, 0) is 4.79 Å². The van der Waals surface area contributed by atoms with Gasteiger partial charge in [0, 0.05) is 42.6 Å². The monoisotopic (exact) mass is 526 g/mol. The van der Waals surface area contributed by atoms with Gasteiger partial charge in [-0.15, -0.1) is 0 Å². The van der Waals surface area contributed by atoms with Gasteiger partial charge in [0.15, 0.2) is 11.3 Å². The van der Waals surface area contributed by atoms with Gasteiger partial charge in [-0.3, -0.25) is 4.79 Å². The number of rotatable bonds is 7. The highest BCUT2D eigenvalue weighted by Crippen LogP contribution is 2.35. The first-order valence-electron chi connectivity index (χ1n) is 12.2. The quantitative estimate of drug-likeness (QED) is 0.499. The van der Waals surface area contributed by atoms with E-state index in [0.717, 1.165) is 50.5 Å². The molecule has 0 aliphatic carbocycles. The standard InChI is InChI=1S/C25H28Cl2N8O/c1-15(19-5-4-18(26)9-20(19)27)35-25-24(21(10-28)32-35)30-11-23(31-25)34-13-17(14-34)16-3-2-7-33(12-16)8-6-22(29)36/h4-5,9,11,15-17H,2-3,6-8,12-14H2,1H3,(H2,29,36)/t15?,16-/m0/s1. The van der Waals surface area contributed by atoms with Crippen LogP contribution in [0.4, 0.5) is 5.82 Å². The molecule has 9 nitrogen and oxygen atoms in total. The van der Waals surface area contributed by atoms with Gasteiger partial charge in [-0.1, -0.05) is 29.3 Å². The maximum absolute atomic E-state index is 11.2. The molecule has 188 valence electrons. The summed E-state index contributed by atoms with van der Waals surface area (Å²) in [6.45, 7) is 6.56. The third kappa shape index (κ3) is 4.85. The van der Waals surface area contributed by atoms with Gasteiger partial charge in [0.25, 0.3) is 0 Å². The highest BCUT2D eigenvalue weighted by Gasteiger charge is 2.36. The fraction of sp³-hybridized carbons (Fsp3) is 0.480. The normalized spacial score (nSPS) is 19.7. The summed E-state index contributed by atoms with van der Waals surface area (Å²) in [5, 5.41) is 15.2. The molecule has 11 heteroatoms. The summed E-state index contributed by atoms with van der Waals surface area (Å²) in [5.74, 6) is 1.71. The fourth-order valence-electron chi connectivity index (χ4n) is 5.31. The van der Waals surface area contributed by atoms with Crippen LogP contribution in [0.25, 0.3) is 11.2 Å². The van der Waals surface area contributed by atoms with Crippen LogP contribution in [-0.4, -0.2) is 63.3 Å². The predicted molar refractivity (Wildman–Crippen MR) is 139 cm³/mol. The summed E-state index contributed by atoms with van der Waals surface area (Å²) in [6, 6.07) is 7.22. The molecule has 0 radical (unpaired) electrons. The van der Waals surface area contributed by atoms with Crippen LogP contribution in [0, 0.1) is 23.2 Å². The molecule has 0 saturated carbocycles. The molecular weight excluding hydrogens is 499 g/mol. The zero-order valence-corrected chi connectivity index (χ0v) is 21.6. The number of aromatic nitrogens is 4. The maximum atomic E-state index is 11.2. The van der Waals surface area contributed by atoms with Gasteiger partial charge in [-0.25, -0.2) is 14.6 Å². The van der Waals surface area contributed by atoms with E-state index in [9.17, 15) is 10.1 Å². The average Bonchev–Trinajstić information content (AvgIpc) is 3.20. The van der Waals surface area contributed by atoms with Gasteiger partial charge in [0.1, 0.15) is 17.4 Å². The lowest BCUT2D eigenvalue weighted by Gasteiger charge is -2.47. The Hall–Kier alpha value is -2.93. The van der Waals surface area contributed by atoms with Crippen LogP contribution >= 0.6 is 23.2 Å². The Balaban J connectivity index is 1.33. The van der Waals surface area contributed by atoms with Gasteiger partial charge >= 0.3 is 0 Å².